The number of rotatable bonds is 7. The predicted octanol–water partition coefficient (Wildman–Crippen LogP) is 1.55. The van der Waals surface area contributed by atoms with E-state index in [0.717, 1.165) is 16.9 Å². The van der Waals surface area contributed by atoms with Crippen molar-refractivity contribution in [3.05, 3.63) is 81.3 Å². The number of benzene rings is 1. The molecule has 164 valence electrons. The van der Waals surface area contributed by atoms with Crippen LogP contribution in [0.15, 0.2) is 64.5 Å². The van der Waals surface area contributed by atoms with Crippen LogP contribution in [0.5, 0.6) is 0 Å². The number of nitrogens with zero attached hydrogens (tertiary/aromatic N) is 2. The third kappa shape index (κ3) is 4.88. The monoisotopic (exact) mass is 449 g/mol. The Bertz CT molecular complexity index is 1090. The first-order valence-electron chi connectivity index (χ1n) is 9.62. The van der Waals surface area contributed by atoms with Crippen molar-refractivity contribution in [3.8, 4) is 0 Å². The van der Waals surface area contributed by atoms with E-state index in [4.69, 9.17) is 9.63 Å². The van der Waals surface area contributed by atoms with Crippen LogP contribution in [-0.4, -0.2) is 37.2 Å². The van der Waals surface area contributed by atoms with Crippen molar-refractivity contribution in [2.45, 2.75) is 38.2 Å². The van der Waals surface area contributed by atoms with Crippen molar-refractivity contribution in [2.75, 3.05) is 0 Å². The molecule has 0 bridgehead atoms. The van der Waals surface area contributed by atoms with Crippen LogP contribution >= 0.6 is 8.25 Å². The van der Waals surface area contributed by atoms with Crippen LogP contribution in [0.25, 0.3) is 0 Å². The van der Waals surface area contributed by atoms with E-state index in [9.17, 15) is 24.1 Å². The quantitative estimate of drug-likeness (QED) is 0.480. The van der Waals surface area contributed by atoms with Gasteiger partial charge in [-0.1, -0.05) is 31.5 Å². The highest BCUT2D eigenvalue weighted by Gasteiger charge is 2.43. The molecule has 11 heteroatoms. The Morgan fingerprint density at radius 1 is 1.26 bits per heavy atom. The van der Waals surface area contributed by atoms with Crippen LogP contribution in [0.1, 0.15) is 36.4 Å². The summed E-state index contributed by atoms with van der Waals surface area (Å²) in [7, 11) is -2.86. The number of carbonyl (C=O) groups is 1. The summed E-state index contributed by atoms with van der Waals surface area (Å²) < 4.78 is 22.6. The summed E-state index contributed by atoms with van der Waals surface area (Å²) in [5, 5.41) is 10.7. The van der Waals surface area contributed by atoms with Gasteiger partial charge in [0.25, 0.3) is 11.5 Å². The number of aliphatic hydroxyl groups excluding tert-OH is 1. The van der Waals surface area contributed by atoms with Gasteiger partial charge in [-0.15, -0.1) is 4.89 Å². The molecule has 3 rings (SSSR count). The van der Waals surface area contributed by atoms with Crippen molar-refractivity contribution in [3.63, 3.8) is 0 Å². The van der Waals surface area contributed by atoms with Crippen LogP contribution in [0.2, 0.25) is 0 Å². The highest BCUT2D eigenvalue weighted by atomic mass is 31.1. The first-order chi connectivity index (χ1) is 14.8. The second kappa shape index (κ2) is 9.93. The zero-order valence-corrected chi connectivity index (χ0v) is 17.5. The molecule has 1 aromatic heterocycles. The van der Waals surface area contributed by atoms with E-state index in [2.05, 4.69) is 4.52 Å². The molecule has 10 nitrogen and oxygen atoms in total. The maximum atomic E-state index is 13.1. The molecular weight excluding hydrogens is 427 g/mol. The molecule has 0 spiro atoms. The smallest absolute Gasteiger partial charge is 0.390 e. The van der Waals surface area contributed by atoms with Crippen LogP contribution in [0, 0.1) is 5.92 Å². The highest BCUT2D eigenvalue weighted by molar-refractivity contribution is 7.32. The molecule has 1 aliphatic rings. The molecule has 1 unspecified atom stereocenters. The lowest BCUT2D eigenvalue weighted by Gasteiger charge is -2.22. The summed E-state index contributed by atoms with van der Waals surface area (Å²) in [6, 6.07) is 9.02. The van der Waals surface area contributed by atoms with Gasteiger partial charge in [-0.2, -0.15) is 4.57 Å². The number of carbonyl (C=O) groups excluding carboxylic acids is 1. The van der Waals surface area contributed by atoms with E-state index in [0.29, 0.717) is 17.4 Å². The second-order valence-corrected chi connectivity index (χ2v) is 7.64. The summed E-state index contributed by atoms with van der Waals surface area (Å²) in [5.74, 6) is -1.30. The van der Waals surface area contributed by atoms with Gasteiger partial charge in [0.05, 0.1) is 6.10 Å². The van der Waals surface area contributed by atoms with E-state index in [1.54, 1.807) is 18.2 Å². The van der Waals surface area contributed by atoms with Gasteiger partial charge in [0.1, 0.15) is 12.3 Å². The van der Waals surface area contributed by atoms with E-state index in [-0.39, 0.29) is 5.56 Å². The van der Waals surface area contributed by atoms with Gasteiger partial charge >= 0.3 is 13.9 Å². The van der Waals surface area contributed by atoms with Gasteiger partial charge in [0.15, 0.2) is 6.26 Å². The van der Waals surface area contributed by atoms with Crippen molar-refractivity contribution in [1.82, 2.24) is 9.13 Å². The van der Waals surface area contributed by atoms with E-state index < -0.39 is 49.8 Å². The van der Waals surface area contributed by atoms with Crippen LogP contribution in [0.4, 0.5) is 0 Å². The van der Waals surface area contributed by atoms with Gasteiger partial charge in [-0.05, 0) is 24.6 Å². The fourth-order valence-electron chi connectivity index (χ4n) is 3.58. The first kappa shape index (κ1) is 22.8. The molecule has 0 aliphatic carbocycles. The minimum atomic E-state index is -2.86. The van der Waals surface area contributed by atoms with Crippen LogP contribution in [0.3, 0.4) is 0 Å². The van der Waals surface area contributed by atoms with Crippen molar-refractivity contribution >= 4 is 14.2 Å². The fraction of sp³-hybridized carbons (Fsp3) is 0.350. The number of aliphatic hydroxyl groups is 1. The third-order valence-corrected chi connectivity index (χ3v) is 5.29. The molecule has 2 heterocycles. The number of aromatic nitrogens is 2. The Morgan fingerprint density at radius 3 is 2.61 bits per heavy atom. The zero-order chi connectivity index (χ0) is 22.5. The van der Waals surface area contributed by atoms with Crippen LogP contribution in [-0.2, 0) is 13.8 Å². The van der Waals surface area contributed by atoms with Gasteiger partial charge in [-0.3, -0.25) is 14.2 Å². The minimum absolute atomic E-state index is 0.174. The average molecular weight is 449 g/mol. The lowest BCUT2D eigenvalue weighted by atomic mass is 9.94. The summed E-state index contributed by atoms with van der Waals surface area (Å²) in [6.45, 7) is 1.90. The molecule has 0 saturated carbocycles. The van der Waals surface area contributed by atoms with Gasteiger partial charge in [0.2, 0.25) is 0 Å². The average Bonchev–Trinajstić information content (AvgIpc) is 3.04. The molecule has 1 aromatic carbocycles. The molecule has 31 heavy (non-hydrogen) atoms. The third-order valence-electron chi connectivity index (χ3n) is 4.99. The molecule has 0 amide bonds. The van der Waals surface area contributed by atoms with E-state index in [1.165, 1.54) is 24.4 Å². The lowest BCUT2D eigenvalue weighted by Crippen LogP contribution is -2.45. The Balaban J connectivity index is 1.99. The summed E-state index contributed by atoms with van der Waals surface area (Å²) in [4.78, 5) is 46.9. The van der Waals surface area contributed by atoms with E-state index in [1.807, 2.05) is 6.92 Å². The SMILES string of the molecule is CCC[C@@H]1[C@H](O)[C@@H](/C=C/O[P+](=O)O)O[C@H]1n1ccc(=O)n(C(=O)c2ccccc2)c1=O. The standard InChI is InChI=1S/C20H21N2O8P/c1-2-6-14-17(24)15(10-12-29-31(27)28)30-19(14)21-11-9-16(23)22(20(21)26)18(25)13-7-4-3-5-8-13/h3-5,7-12,14-15,17,19,24H,2,6H2,1H3/p+1/b12-10+/t14-,15-,17+,19-/m1/s1. The number of hydrogen-bond acceptors (Lipinski definition) is 7. The minimum Gasteiger partial charge on any atom is -0.390 e. The van der Waals surface area contributed by atoms with Gasteiger partial charge in [-0.25, -0.2) is 9.32 Å². The normalized spacial score (nSPS) is 23.8. The van der Waals surface area contributed by atoms with Gasteiger partial charge in [0, 0.05) is 28.3 Å². The number of ether oxygens (including phenoxy) is 1. The Kier molecular flexibility index (Phi) is 7.29. The van der Waals surface area contributed by atoms with Crippen molar-refractivity contribution in [2.24, 2.45) is 5.92 Å². The van der Waals surface area contributed by atoms with Crippen LogP contribution < -0.4 is 11.2 Å². The Morgan fingerprint density at radius 2 is 1.97 bits per heavy atom. The largest absolute Gasteiger partial charge is 0.746 e. The van der Waals surface area contributed by atoms with Crippen molar-refractivity contribution in [1.29, 1.82) is 0 Å². The Labute approximate surface area is 177 Å². The number of hydrogen-bond donors (Lipinski definition) is 2. The summed E-state index contributed by atoms with van der Waals surface area (Å²) in [5.41, 5.74) is -1.50. The molecule has 5 atom stereocenters. The zero-order valence-electron chi connectivity index (χ0n) is 16.6. The molecule has 1 aliphatic heterocycles. The molecule has 2 aromatic rings. The molecular formula is C20H22N2O8P+. The first-order valence-corrected chi connectivity index (χ1v) is 10.7. The topological polar surface area (TPSA) is 137 Å². The van der Waals surface area contributed by atoms with Crippen molar-refractivity contribution < 1.29 is 28.6 Å². The lowest BCUT2D eigenvalue weighted by molar-refractivity contribution is -0.00431. The fourth-order valence-corrected chi connectivity index (χ4v) is 3.75. The Hall–Kier alpha value is -2.91. The second-order valence-electron chi connectivity index (χ2n) is 6.96. The molecule has 1 fully saturated rings. The molecule has 1 saturated heterocycles. The molecule has 0 radical (unpaired) electrons. The van der Waals surface area contributed by atoms with E-state index >= 15 is 0 Å². The maximum Gasteiger partial charge on any atom is 0.746 e. The predicted molar refractivity (Wildman–Crippen MR) is 109 cm³/mol. The summed E-state index contributed by atoms with van der Waals surface area (Å²) >= 11 is 0. The summed E-state index contributed by atoms with van der Waals surface area (Å²) in [6.07, 6.45) is 1.68. The highest BCUT2D eigenvalue weighted by Crippen LogP contribution is 2.37. The van der Waals surface area contributed by atoms with Gasteiger partial charge < -0.3 is 9.84 Å². The maximum absolute atomic E-state index is 13.1. The molecule has 2 N–H and O–H groups in total.